The topological polar surface area (TPSA) is 95.9 Å². The molecule has 4 atom stereocenters. The Balaban J connectivity index is 1.59. The first kappa shape index (κ1) is 19.5. The minimum Gasteiger partial charge on any atom is -0.451 e. The molecule has 3 unspecified atom stereocenters. The summed E-state index contributed by atoms with van der Waals surface area (Å²) in [6, 6.07) is 16.8. The molecule has 8 heteroatoms. The maximum absolute atomic E-state index is 13.1. The van der Waals surface area contributed by atoms with E-state index in [1.807, 2.05) is 60.7 Å². The van der Waals surface area contributed by atoms with Crippen LogP contribution in [0.15, 0.2) is 60.7 Å². The first-order valence-electron chi connectivity index (χ1n) is 9.23. The fourth-order valence-corrected chi connectivity index (χ4v) is 5.06. The van der Waals surface area contributed by atoms with Gasteiger partial charge in [0.15, 0.2) is 12.1 Å². The number of β-lactam (4-membered cyclic amide) rings is 1. The smallest absolute Gasteiger partial charge is 0.332 e. The molecule has 2 aromatic rings. The van der Waals surface area contributed by atoms with Crippen LogP contribution >= 0.6 is 11.8 Å². The maximum Gasteiger partial charge on any atom is 0.332 e. The third-order valence-corrected chi connectivity index (χ3v) is 6.48. The molecular formula is C21H20N2O5S. The Bertz CT molecular complexity index is 855. The number of amides is 2. The number of aliphatic hydroxyl groups is 1. The number of hydrogen-bond acceptors (Lipinski definition) is 6. The molecule has 0 saturated carbocycles. The number of benzene rings is 2. The van der Waals surface area contributed by atoms with Gasteiger partial charge in [0.2, 0.25) is 12.3 Å². The molecule has 29 heavy (non-hydrogen) atoms. The van der Waals surface area contributed by atoms with E-state index < -0.39 is 36.2 Å². The van der Waals surface area contributed by atoms with Crippen LogP contribution in [0.3, 0.4) is 0 Å². The number of nitrogens with zero attached hydrogens (tertiary/aromatic N) is 1. The zero-order chi connectivity index (χ0) is 20.4. The Labute approximate surface area is 172 Å². The van der Waals surface area contributed by atoms with E-state index in [0.717, 1.165) is 11.1 Å². The van der Waals surface area contributed by atoms with E-state index >= 15 is 0 Å². The third kappa shape index (κ3) is 3.61. The molecule has 0 radical (unpaired) electrons. The van der Waals surface area contributed by atoms with Crippen molar-refractivity contribution in [3.05, 3.63) is 71.8 Å². The van der Waals surface area contributed by atoms with Crippen molar-refractivity contribution in [2.45, 2.75) is 29.7 Å². The average Bonchev–Trinajstić information content (AvgIpc) is 2.76. The predicted octanol–water partition coefficient (Wildman–Crippen LogP) is 1.08. The Morgan fingerprint density at radius 3 is 2.28 bits per heavy atom. The zero-order valence-electron chi connectivity index (χ0n) is 15.4. The van der Waals surface area contributed by atoms with Crippen molar-refractivity contribution >= 4 is 30.0 Å². The molecule has 2 fully saturated rings. The SMILES string of the molecule is O=CNC1C(=O)N2C(C(=O)OC(c3ccccc3)c3ccccc3)C(O)CS[C@@H]12. The monoisotopic (exact) mass is 412 g/mol. The molecule has 7 nitrogen and oxygen atoms in total. The second-order valence-electron chi connectivity index (χ2n) is 6.88. The summed E-state index contributed by atoms with van der Waals surface area (Å²) in [6.45, 7) is 0. The summed E-state index contributed by atoms with van der Waals surface area (Å²) in [5, 5.41) is 12.5. The maximum atomic E-state index is 13.1. The number of thioether (sulfide) groups is 1. The molecule has 2 heterocycles. The number of hydrogen-bond donors (Lipinski definition) is 2. The molecule has 0 bridgehead atoms. The van der Waals surface area contributed by atoms with Crippen LogP contribution in [0.25, 0.3) is 0 Å². The highest BCUT2D eigenvalue weighted by molar-refractivity contribution is 8.00. The molecule has 2 aliphatic rings. The van der Waals surface area contributed by atoms with Gasteiger partial charge in [-0.25, -0.2) is 4.79 Å². The van der Waals surface area contributed by atoms with Gasteiger partial charge in [0.25, 0.3) is 0 Å². The molecule has 2 amide bonds. The van der Waals surface area contributed by atoms with Crippen LogP contribution in [0.4, 0.5) is 0 Å². The zero-order valence-corrected chi connectivity index (χ0v) is 16.2. The lowest BCUT2D eigenvalue weighted by Gasteiger charge is -2.53. The van der Waals surface area contributed by atoms with E-state index in [0.29, 0.717) is 6.41 Å². The Kier molecular flexibility index (Phi) is 5.55. The van der Waals surface area contributed by atoms with Crippen LogP contribution in [-0.4, -0.2) is 57.6 Å². The van der Waals surface area contributed by atoms with E-state index in [9.17, 15) is 19.5 Å². The lowest BCUT2D eigenvalue weighted by molar-refractivity contribution is -0.173. The van der Waals surface area contributed by atoms with Crippen molar-refractivity contribution < 1.29 is 24.2 Å². The van der Waals surface area contributed by atoms with Crippen LogP contribution < -0.4 is 5.32 Å². The van der Waals surface area contributed by atoms with E-state index in [1.165, 1.54) is 16.7 Å². The number of carbonyl (C=O) groups is 3. The van der Waals surface area contributed by atoms with Crippen molar-refractivity contribution in [2.24, 2.45) is 0 Å². The lowest BCUT2D eigenvalue weighted by Crippen LogP contribution is -2.76. The number of aliphatic hydroxyl groups excluding tert-OH is 1. The van der Waals surface area contributed by atoms with E-state index in [1.54, 1.807) is 0 Å². The summed E-state index contributed by atoms with van der Waals surface area (Å²) in [6.07, 6.45) is -1.23. The van der Waals surface area contributed by atoms with Gasteiger partial charge in [0.05, 0.1) is 6.10 Å². The van der Waals surface area contributed by atoms with Gasteiger partial charge in [0, 0.05) is 5.75 Å². The lowest BCUT2D eigenvalue weighted by atomic mass is 9.98. The van der Waals surface area contributed by atoms with E-state index in [2.05, 4.69) is 5.32 Å². The van der Waals surface area contributed by atoms with Crippen molar-refractivity contribution in [1.82, 2.24) is 10.2 Å². The minimum absolute atomic E-state index is 0.270. The molecule has 0 spiro atoms. The van der Waals surface area contributed by atoms with Crippen LogP contribution in [0.2, 0.25) is 0 Å². The summed E-state index contributed by atoms with van der Waals surface area (Å²) >= 11 is 1.33. The molecule has 2 saturated heterocycles. The fraction of sp³-hybridized carbons (Fsp3) is 0.286. The number of nitrogens with one attached hydrogen (secondary N) is 1. The van der Waals surface area contributed by atoms with Crippen molar-refractivity contribution in [3.8, 4) is 0 Å². The number of ether oxygens (including phenoxy) is 1. The van der Waals surface area contributed by atoms with Crippen molar-refractivity contribution in [1.29, 1.82) is 0 Å². The van der Waals surface area contributed by atoms with Gasteiger partial charge in [-0.1, -0.05) is 60.7 Å². The van der Waals surface area contributed by atoms with Gasteiger partial charge in [-0.3, -0.25) is 9.59 Å². The van der Waals surface area contributed by atoms with E-state index in [4.69, 9.17) is 4.74 Å². The first-order valence-corrected chi connectivity index (χ1v) is 10.3. The molecule has 4 rings (SSSR count). The Hall–Kier alpha value is -2.84. The quantitative estimate of drug-likeness (QED) is 0.419. The second kappa shape index (κ2) is 8.26. The standard InChI is InChI=1S/C21H20N2O5S/c24-12-22-16-19(26)23-17(15(25)11-29-20(16)23)21(27)28-18(13-7-3-1-4-8-13)14-9-5-2-6-10-14/h1-10,12,15-18,20,25H,11H2,(H,22,24)/t15?,16?,17?,20-/m0/s1. The second-order valence-corrected chi connectivity index (χ2v) is 8.03. The summed E-state index contributed by atoms with van der Waals surface area (Å²) in [4.78, 5) is 37.6. The average molecular weight is 412 g/mol. The molecule has 2 N–H and O–H groups in total. The van der Waals surface area contributed by atoms with Gasteiger partial charge in [-0.05, 0) is 11.1 Å². The number of fused-ring (bicyclic) bond motifs is 1. The molecule has 150 valence electrons. The van der Waals surface area contributed by atoms with Gasteiger partial charge in [0.1, 0.15) is 11.4 Å². The Morgan fingerprint density at radius 1 is 1.14 bits per heavy atom. The number of rotatable bonds is 6. The van der Waals surface area contributed by atoms with Crippen molar-refractivity contribution in [2.75, 3.05) is 5.75 Å². The van der Waals surface area contributed by atoms with E-state index in [-0.39, 0.29) is 11.1 Å². The van der Waals surface area contributed by atoms with Crippen LogP contribution in [0.1, 0.15) is 17.2 Å². The molecular weight excluding hydrogens is 392 g/mol. The molecule has 2 aliphatic heterocycles. The normalized spacial score (nSPS) is 25.7. The highest BCUT2D eigenvalue weighted by Crippen LogP contribution is 2.39. The molecule has 0 aromatic heterocycles. The summed E-state index contributed by atoms with van der Waals surface area (Å²) in [7, 11) is 0. The van der Waals surface area contributed by atoms with Crippen LogP contribution in [0.5, 0.6) is 0 Å². The number of esters is 1. The van der Waals surface area contributed by atoms with Gasteiger partial charge in [-0.2, -0.15) is 0 Å². The predicted molar refractivity (Wildman–Crippen MR) is 107 cm³/mol. The third-order valence-electron chi connectivity index (χ3n) is 5.11. The number of carbonyl (C=O) groups excluding carboxylic acids is 3. The highest BCUT2D eigenvalue weighted by atomic mass is 32.2. The molecule has 0 aliphatic carbocycles. The van der Waals surface area contributed by atoms with Crippen molar-refractivity contribution in [3.63, 3.8) is 0 Å². The fourth-order valence-electron chi connectivity index (χ4n) is 3.70. The van der Waals surface area contributed by atoms with Crippen LogP contribution in [-0.2, 0) is 19.1 Å². The largest absolute Gasteiger partial charge is 0.451 e. The Morgan fingerprint density at radius 2 is 1.72 bits per heavy atom. The summed E-state index contributed by atoms with van der Waals surface area (Å²) in [5.41, 5.74) is 1.58. The van der Waals surface area contributed by atoms with Gasteiger partial charge in [-0.15, -0.1) is 11.8 Å². The first-order chi connectivity index (χ1) is 14.1. The summed E-state index contributed by atoms with van der Waals surface area (Å²) in [5.74, 6) is -0.795. The highest BCUT2D eigenvalue weighted by Gasteiger charge is 2.57. The summed E-state index contributed by atoms with van der Waals surface area (Å²) < 4.78 is 5.84. The van der Waals surface area contributed by atoms with Crippen LogP contribution in [0, 0.1) is 0 Å². The molecule has 2 aromatic carbocycles. The van der Waals surface area contributed by atoms with Gasteiger partial charge < -0.3 is 20.1 Å². The van der Waals surface area contributed by atoms with Gasteiger partial charge >= 0.3 is 5.97 Å². The minimum atomic E-state index is -1.10.